The number of para-hydroxylation sites is 1. The third-order valence-corrected chi connectivity index (χ3v) is 5.03. The van der Waals surface area contributed by atoms with Crippen LogP contribution in [0.25, 0.3) is 0 Å². The Labute approximate surface area is 188 Å². The summed E-state index contributed by atoms with van der Waals surface area (Å²) in [5.74, 6) is -0.684. The Balaban J connectivity index is 1.57. The molecule has 8 heteroatoms. The largest absolute Gasteiger partial charge is 0.467 e. The van der Waals surface area contributed by atoms with Gasteiger partial charge in [0.1, 0.15) is 5.76 Å². The van der Waals surface area contributed by atoms with E-state index in [1.54, 1.807) is 48.5 Å². The van der Waals surface area contributed by atoms with Crippen molar-refractivity contribution in [1.29, 1.82) is 0 Å². The molecule has 1 N–H and O–H groups in total. The number of ether oxygens (including phenoxy) is 1. The second-order valence-corrected chi connectivity index (χ2v) is 7.61. The second kappa shape index (κ2) is 10.6. The van der Waals surface area contributed by atoms with E-state index in [4.69, 9.17) is 9.15 Å². The molecule has 0 fully saturated rings. The minimum atomic E-state index is -0.506. The number of carbonyl (C=O) groups excluding carboxylic acids is 3. The number of rotatable bonds is 8. The van der Waals surface area contributed by atoms with E-state index in [1.165, 1.54) is 18.2 Å². The predicted molar refractivity (Wildman–Crippen MR) is 119 cm³/mol. The summed E-state index contributed by atoms with van der Waals surface area (Å²) in [6.07, 6.45) is 1.59. The van der Waals surface area contributed by atoms with E-state index >= 15 is 0 Å². The molecule has 7 nitrogen and oxygen atoms in total. The van der Waals surface area contributed by atoms with Crippen LogP contribution >= 0.6 is 15.9 Å². The quantitative estimate of drug-likeness (QED) is 0.492. The maximum atomic E-state index is 12.6. The molecule has 0 bridgehead atoms. The van der Waals surface area contributed by atoms with Gasteiger partial charge in [-0.05, 0) is 42.0 Å². The molecule has 2 amide bonds. The molecule has 31 heavy (non-hydrogen) atoms. The van der Waals surface area contributed by atoms with Gasteiger partial charge in [0, 0.05) is 11.5 Å². The lowest BCUT2D eigenvalue weighted by Gasteiger charge is -2.20. The molecule has 160 valence electrons. The van der Waals surface area contributed by atoms with Gasteiger partial charge in [-0.2, -0.15) is 0 Å². The van der Waals surface area contributed by atoms with Crippen molar-refractivity contribution in [3.8, 4) is 0 Å². The summed E-state index contributed by atoms with van der Waals surface area (Å²) in [5.41, 5.74) is 1.52. The lowest BCUT2D eigenvalue weighted by molar-refractivity contribution is -0.147. The van der Waals surface area contributed by atoms with Crippen molar-refractivity contribution in [3.05, 3.63) is 88.3 Å². The number of benzene rings is 2. The molecule has 1 aromatic heterocycles. The molecule has 0 aliphatic heterocycles. The summed E-state index contributed by atoms with van der Waals surface area (Å²) in [5, 5.41) is 2.76. The van der Waals surface area contributed by atoms with E-state index in [0.29, 0.717) is 17.0 Å². The van der Waals surface area contributed by atoms with Crippen LogP contribution in [0.3, 0.4) is 0 Å². The molecule has 0 saturated carbocycles. The van der Waals surface area contributed by atoms with Crippen LogP contribution in [0.15, 0.2) is 75.8 Å². The van der Waals surface area contributed by atoms with Crippen molar-refractivity contribution in [2.75, 3.05) is 18.6 Å². The monoisotopic (exact) mass is 484 g/mol. The molecule has 0 spiro atoms. The third-order valence-electron chi connectivity index (χ3n) is 4.51. The van der Waals surface area contributed by atoms with E-state index in [2.05, 4.69) is 21.2 Å². The molecule has 0 radical (unpaired) electrons. The average Bonchev–Trinajstić information content (AvgIpc) is 3.30. The third kappa shape index (κ3) is 6.29. The topological polar surface area (TPSA) is 88.8 Å². The van der Waals surface area contributed by atoms with Crippen LogP contribution in [-0.2, 0) is 27.3 Å². The fraction of sp³-hybridized carbons (Fsp3) is 0.174. The fourth-order valence-electron chi connectivity index (χ4n) is 2.83. The molecule has 0 aliphatic rings. The van der Waals surface area contributed by atoms with Crippen LogP contribution in [0, 0.1) is 0 Å². The molecule has 2 aromatic carbocycles. The number of nitrogens with zero attached hydrogens (tertiary/aromatic N) is 1. The summed E-state index contributed by atoms with van der Waals surface area (Å²) in [7, 11) is 1.53. The first-order chi connectivity index (χ1) is 14.9. The molecular formula is C23H21BrN2O5. The number of anilines is 1. The maximum Gasteiger partial charge on any atom is 0.310 e. The molecule has 1 heterocycles. The van der Waals surface area contributed by atoms with E-state index in [9.17, 15) is 14.4 Å². The number of hydrogen-bond acceptors (Lipinski definition) is 5. The zero-order valence-corrected chi connectivity index (χ0v) is 18.4. The summed E-state index contributed by atoms with van der Waals surface area (Å²) in [4.78, 5) is 38.5. The molecule has 0 atom stereocenters. The number of likely N-dealkylation sites (N-methyl/N-ethyl adjacent to an activating group) is 1. The molecule has 0 unspecified atom stereocenters. The number of esters is 1. The smallest absolute Gasteiger partial charge is 0.310 e. The van der Waals surface area contributed by atoms with Crippen molar-refractivity contribution in [2.24, 2.45) is 0 Å². The van der Waals surface area contributed by atoms with Gasteiger partial charge in [-0.15, -0.1) is 0 Å². The van der Waals surface area contributed by atoms with Gasteiger partial charge in [0.25, 0.3) is 11.8 Å². The van der Waals surface area contributed by atoms with Gasteiger partial charge in [-0.3, -0.25) is 14.4 Å². The number of furan rings is 1. The zero-order chi connectivity index (χ0) is 22.2. The molecular weight excluding hydrogens is 464 g/mol. The predicted octanol–water partition coefficient (Wildman–Crippen LogP) is 3.72. The minimum Gasteiger partial charge on any atom is -0.467 e. The molecule has 3 rings (SSSR count). The summed E-state index contributed by atoms with van der Waals surface area (Å²) in [6.45, 7) is -0.195. The number of halogens is 1. The Morgan fingerprint density at radius 2 is 1.77 bits per heavy atom. The lowest BCUT2D eigenvalue weighted by atomic mass is 10.1. The highest BCUT2D eigenvalue weighted by Gasteiger charge is 2.19. The maximum absolute atomic E-state index is 12.6. The standard InChI is InChI=1S/C23H21BrN2O5/c1-26(21(27)15-31-22(28)13-16-8-10-17(24)11-9-16)20-7-3-2-6-19(20)23(29)25-14-18-5-4-12-30-18/h2-12H,13-15H2,1H3,(H,25,29). The van der Waals surface area contributed by atoms with Crippen LogP contribution in [0.4, 0.5) is 5.69 Å². The first-order valence-corrected chi connectivity index (χ1v) is 10.3. The van der Waals surface area contributed by atoms with Crippen molar-refractivity contribution in [2.45, 2.75) is 13.0 Å². The number of nitrogens with one attached hydrogen (secondary N) is 1. The highest BCUT2D eigenvalue weighted by atomic mass is 79.9. The van der Waals surface area contributed by atoms with Crippen molar-refractivity contribution in [1.82, 2.24) is 5.32 Å². The van der Waals surface area contributed by atoms with Gasteiger partial charge in [-0.1, -0.05) is 40.2 Å². The lowest BCUT2D eigenvalue weighted by Crippen LogP contribution is -2.33. The van der Waals surface area contributed by atoms with Crippen LogP contribution in [-0.4, -0.2) is 31.4 Å². The van der Waals surface area contributed by atoms with E-state index in [0.717, 1.165) is 10.0 Å². The van der Waals surface area contributed by atoms with Crippen molar-refractivity contribution < 1.29 is 23.5 Å². The SMILES string of the molecule is CN(C(=O)COC(=O)Cc1ccc(Br)cc1)c1ccccc1C(=O)NCc1ccco1. The first-order valence-electron chi connectivity index (χ1n) is 9.50. The van der Waals surface area contributed by atoms with Gasteiger partial charge in [0.05, 0.1) is 30.5 Å². The summed E-state index contributed by atoms with van der Waals surface area (Å²) >= 11 is 3.34. The van der Waals surface area contributed by atoms with Crippen LogP contribution in [0.1, 0.15) is 21.7 Å². The Morgan fingerprint density at radius 3 is 2.48 bits per heavy atom. The summed E-state index contributed by atoms with van der Waals surface area (Å²) in [6, 6.07) is 17.5. The first kappa shape index (κ1) is 22.3. The van der Waals surface area contributed by atoms with E-state index in [1.807, 2.05) is 12.1 Å². The number of amides is 2. The highest BCUT2D eigenvalue weighted by molar-refractivity contribution is 9.10. The Kier molecular flexibility index (Phi) is 7.61. The van der Waals surface area contributed by atoms with Gasteiger partial charge in [0.2, 0.25) is 0 Å². The number of hydrogen-bond donors (Lipinski definition) is 1. The minimum absolute atomic E-state index is 0.0655. The fourth-order valence-corrected chi connectivity index (χ4v) is 3.09. The summed E-state index contributed by atoms with van der Waals surface area (Å²) < 4.78 is 11.2. The normalized spacial score (nSPS) is 10.4. The molecule has 0 saturated heterocycles. The number of carbonyl (C=O) groups is 3. The zero-order valence-electron chi connectivity index (χ0n) is 16.8. The van der Waals surface area contributed by atoms with E-state index < -0.39 is 18.5 Å². The van der Waals surface area contributed by atoms with Crippen LogP contribution < -0.4 is 10.2 Å². The van der Waals surface area contributed by atoms with Crippen molar-refractivity contribution >= 4 is 39.4 Å². The Morgan fingerprint density at radius 1 is 1.03 bits per heavy atom. The van der Waals surface area contributed by atoms with Gasteiger partial charge in [0.15, 0.2) is 6.61 Å². The van der Waals surface area contributed by atoms with Gasteiger partial charge in [-0.25, -0.2) is 0 Å². The van der Waals surface area contributed by atoms with Crippen LogP contribution in [0.5, 0.6) is 0 Å². The van der Waals surface area contributed by atoms with E-state index in [-0.39, 0.29) is 18.9 Å². The molecule has 3 aromatic rings. The van der Waals surface area contributed by atoms with Crippen LogP contribution in [0.2, 0.25) is 0 Å². The highest BCUT2D eigenvalue weighted by Crippen LogP contribution is 2.20. The average molecular weight is 485 g/mol. The van der Waals surface area contributed by atoms with Gasteiger partial charge >= 0.3 is 5.97 Å². The Hall–Kier alpha value is -3.39. The Bertz CT molecular complexity index is 1050. The van der Waals surface area contributed by atoms with Gasteiger partial charge < -0.3 is 19.4 Å². The molecule has 0 aliphatic carbocycles. The second-order valence-electron chi connectivity index (χ2n) is 6.70. The van der Waals surface area contributed by atoms with Crippen molar-refractivity contribution in [3.63, 3.8) is 0 Å².